The van der Waals surface area contributed by atoms with Crippen LogP contribution in [0.2, 0.25) is 0 Å². The Morgan fingerprint density at radius 3 is 2.07 bits per heavy atom. The standard InChI is InChI=1S/C29H35F6N9/c1-5-24-23-14-19(25(36-26(23)44(7-3)38-24)43(6-2)22-10-8-9-11-22)17-42(27-37-40-41(4)39-27)16-18-12-20(28(30,31)32)15-21(13-18)29(33,34)35/h12-15,22H,5-11,16-17H2,1-4H3. The summed E-state index contributed by atoms with van der Waals surface area (Å²) in [7, 11) is 1.53. The van der Waals surface area contributed by atoms with Crippen molar-refractivity contribution in [2.75, 3.05) is 16.3 Å². The van der Waals surface area contributed by atoms with Crippen molar-refractivity contribution in [1.29, 1.82) is 0 Å². The Bertz CT molecular complexity index is 1570. The molecule has 3 heterocycles. The Balaban J connectivity index is 1.65. The Morgan fingerprint density at radius 2 is 1.55 bits per heavy atom. The monoisotopic (exact) mass is 623 g/mol. The van der Waals surface area contributed by atoms with Gasteiger partial charge in [-0.05, 0) is 68.2 Å². The number of benzene rings is 1. The fraction of sp³-hybridized carbons (Fsp3) is 0.552. The molecule has 1 fully saturated rings. The van der Waals surface area contributed by atoms with Crippen LogP contribution in [0.15, 0.2) is 24.3 Å². The quantitative estimate of drug-likeness (QED) is 0.185. The zero-order valence-electron chi connectivity index (χ0n) is 25.0. The molecule has 0 spiro atoms. The number of alkyl halides is 6. The first-order chi connectivity index (χ1) is 20.8. The third kappa shape index (κ3) is 6.46. The maximum atomic E-state index is 13.7. The number of halogens is 6. The maximum Gasteiger partial charge on any atom is 0.416 e. The lowest BCUT2D eigenvalue weighted by Crippen LogP contribution is -2.35. The molecule has 3 aromatic heterocycles. The van der Waals surface area contributed by atoms with E-state index in [9.17, 15) is 26.3 Å². The number of tetrazole rings is 1. The van der Waals surface area contributed by atoms with Crippen LogP contribution in [0.3, 0.4) is 0 Å². The molecular weight excluding hydrogens is 588 g/mol. The summed E-state index contributed by atoms with van der Waals surface area (Å²) in [4.78, 5) is 10.1. The molecule has 15 heteroatoms. The Labute approximate surface area is 250 Å². The van der Waals surface area contributed by atoms with E-state index in [1.165, 1.54) is 16.7 Å². The topological polar surface area (TPSA) is 80.8 Å². The van der Waals surface area contributed by atoms with Gasteiger partial charge >= 0.3 is 12.4 Å². The van der Waals surface area contributed by atoms with E-state index in [0.29, 0.717) is 25.3 Å². The lowest BCUT2D eigenvalue weighted by molar-refractivity contribution is -0.143. The summed E-state index contributed by atoms with van der Waals surface area (Å²) >= 11 is 0. The SMILES string of the molecule is CCc1nn(CC)c2nc(N(CC)C3CCCC3)c(CN(Cc3cc(C(F)(F)F)cc(C(F)(F)F)c3)c3nnn(C)n3)cc12. The van der Waals surface area contributed by atoms with Gasteiger partial charge in [0.25, 0.3) is 5.95 Å². The van der Waals surface area contributed by atoms with E-state index >= 15 is 0 Å². The average molecular weight is 624 g/mol. The van der Waals surface area contributed by atoms with Gasteiger partial charge in [-0.1, -0.05) is 24.9 Å². The molecule has 1 aliphatic rings. The summed E-state index contributed by atoms with van der Waals surface area (Å²) in [6, 6.07) is 3.84. The van der Waals surface area contributed by atoms with Crippen LogP contribution in [0.1, 0.15) is 74.4 Å². The van der Waals surface area contributed by atoms with Crippen LogP contribution in [0.4, 0.5) is 38.1 Å². The number of aryl methyl sites for hydroxylation is 3. The molecule has 0 unspecified atom stereocenters. The van der Waals surface area contributed by atoms with Gasteiger partial charge in [-0.25, -0.2) is 9.67 Å². The van der Waals surface area contributed by atoms with E-state index in [1.54, 1.807) is 0 Å². The van der Waals surface area contributed by atoms with Crippen LogP contribution in [0, 0.1) is 0 Å². The number of aromatic nitrogens is 7. The summed E-state index contributed by atoms with van der Waals surface area (Å²) in [5.41, 5.74) is -0.620. The molecule has 44 heavy (non-hydrogen) atoms. The predicted octanol–water partition coefficient (Wildman–Crippen LogP) is 6.55. The normalized spacial score (nSPS) is 14.6. The molecule has 0 N–H and O–H groups in total. The third-order valence-electron chi connectivity index (χ3n) is 8.03. The number of nitrogens with zero attached hydrogens (tertiary/aromatic N) is 9. The number of anilines is 2. The van der Waals surface area contributed by atoms with Gasteiger partial charge in [0, 0.05) is 43.2 Å². The number of fused-ring (bicyclic) bond motifs is 1. The number of pyridine rings is 1. The lowest BCUT2D eigenvalue weighted by atomic mass is 10.0. The zero-order chi connectivity index (χ0) is 31.8. The molecule has 0 saturated heterocycles. The molecule has 0 bridgehead atoms. The van der Waals surface area contributed by atoms with E-state index in [-0.39, 0.29) is 36.7 Å². The van der Waals surface area contributed by atoms with Crippen molar-refractivity contribution in [3.63, 3.8) is 0 Å². The second-order valence-corrected chi connectivity index (χ2v) is 11.0. The minimum absolute atomic E-state index is 0.0608. The second kappa shape index (κ2) is 12.2. The molecule has 238 valence electrons. The van der Waals surface area contributed by atoms with Gasteiger partial charge in [-0.15, -0.1) is 5.10 Å². The van der Waals surface area contributed by atoms with Crippen molar-refractivity contribution in [3.8, 4) is 0 Å². The van der Waals surface area contributed by atoms with Gasteiger partial charge < -0.3 is 9.80 Å². The summed E-state index contributed by atoms with van der Waals surface area (Å²) in [5, 5.41) is 17.8. The van der Waals surface area contributed by atoms with Gasteiger partial charge in [0.1, 0.15) is 5.82 Å². The maximum absolute atomic E-state index is 13.7. The highest BCUT2D eigenvalue weighted by Gasteiger charge is 2.37. The number of rotatable bonds is 10. The van der Waals surface area contributed by atoms with E-state index in [2.05, 4.69) is 20.3 Å². The molecule has 0 aliphatic heterocycles. The molecular formula is C29H35F6N9. The number of hydrogen-bond acceptors (Lipinski definition) is 7. The highest BCUT2D eigenvalue weighted by Crippen LogP contribution is 2.38. The van der Waals surface area contributed by atoms with Crippen LogP contribution in [-0.2, 0) is 45.5 Å². The lowest BCUT2D eigenvalue weighted by Gasteiger charge is -2.32. The van der Waals surface area contributed by atoms with Crippen molar-refractivity contribution in [2.24, 2.45) is 7.05 Å². The van der Waals surface area contributed by atoms with Gasteiger partial charge in [-0.2, -0.15) is 36.2 Å². The van der Waals surface area contributed by atoms with Crippen molar-refractivity contribution < 1.29 is 26.3 Å². The first-order valence-electron chi connectivity index (χ1n) is 14.8. The summed E-state index contributed by atoms with van der Waals surface area (Å²) < 4.78 is 84.0. The molecule has 9 nitrogen and oxygen atoms in total. The minimum atomic E-state index is -4.97. The van der Waals surface area contributed by atoms with Crippen molar-refractivity contribution >= 4 is 22.8 Å². The van der Waals surface area contributed by atoms with Crippen LogP contribution >= 0.6 is 0 Å². The van der Waals surface area contributed by atoms with Gasteiger partial charge in [0.05, 0.1) is 23.9 Å². The molecule has 0 atom stereocenters. The fourth-order valence-corrected chi connectivity index (χ4v) is 5.97. The van der Waals surface area contributed by atoms with Crippen LogP contribution in [0.5, 0.6) is 0 Å². The summed E-state index contributed by atoms with van der Waals surface area (Å²) in [6.07, 6.45) is -5.08. The highest BCUT2D eigenvalue weighted by molar-refractivity contribution is 5.82. The molecule has 1 aliphatic carbocycles. The second-order valence-electron chi connectivity index (χ2n) is 11.0. The number of hydrogen-bond donors (Lipinski definition) is 0. The Morgan fingerprint density at radius 1 is 0.886 bits per heavy atom. The van der Waals surface area contributed by atoms with Gasteiger partial charge in [-0.3, -0.25) is 0 Å². The zero-order valence-corrected chi connectivity index (χ0v) is 25.0. The first-order valence-corrected chi connectivity index (χ1v) is 14.8. The van der Waals surface area contributed by atoms with Crippen molar-refractivity contribution in [1.82, 2.24) is 35.0 Å². The van der Waals surface area contributed by atoms with Gasteiger partial charge in [0.2, 0.25) is 0 Å². The Kier molecular flexibility index (Phi) is 8.76. The molecule has 4 aromatic rings. The van der Waals surface area contributed by atoms with Crippen LogP contribution in [-0.4, -0.2) is 47.6 Å². The molecule has 0 radical (unpaired) electrons. The molecule has 5 rings (SSSR count). The molecule has 1 aromatic carbocycles. The largest absolute Gasteiger partial charge is 0.416 e. The van der Waals surface area contributed by atoms with E-state index in [4.69, 9.17) is 10.1 Å². The Hall–Kier alpha value is -3.91. The van der Waals surface area contributed by atoms with E-state index in [1.807, 2.05) is 31.5 Å². The summed E-state index contributed by atoms with van der Waals surface area (Å²) in [6.45, 7) is 7.04. The van der Waals surface area contributed by atoms with Crippen molar-refractivity contribution in [3.05, 3.63) is 52.2 Å². The highest BCUT2D eigenvalue weighted by atomic mass is 19.4. The fourth-order valence-electron chi connectivity index (χ4n) is 5.97. The minimum Gasteiger partial charge on any atom is -0.354 e. The third-order valence-corrected chi connectivity index (χ3v) is 8.03. The van der Waals surface area contributed by atoms with E-state index in [0.717, 1.165) is 60.1 Å². The van der Waals surface area contributed by atoms with E-state index < -0.39 is 23.5 Å². The van der Waals surface area contributed by atoms with Gasteiger partial charge in [0.15, 0.2) is 5.65 Å². The summed E-state index contributed by atoms with van der Waals surface area (Å²) in [5.74, 6) is 0.770. The molecule has 0 amide bonds. The van der Waals surface area contributed by atoms with Crippen LogP contribution < -0.4 is 9.80 Å². The predicted molar refractivity (Wildman–Crippen MR) is 153 cm³/mol. The van der Waals surface area contributed by atoms with Crippen LogP contribution in [0.25, 0.3) is 11.0 Å². The van der Waals surface area contributed by atoms with Crippen molar-refractivity contribution in [2.45, 2.75) is 90.9 Å². The first kappa shape index (κ1) is 31.5. The average Bonchev–Trinajstić information content (AvgIpc) is 3.72. The smallest absolute Gasteiger partial charge is 0.354 e. The molecule has 1 saturated carbocycles.